The van der Waals surface area contributed by atoms with Gasteiger partial charge in [-0.15, -0.1) is 0 Å². The molecule has 31 heavy (non-hydrogen) atoms. The van der Waals surface area contributed by atoms with Crippen LogP contribution < -0.4 is 0 Å². The minimum Gasteiger partial charge on any atom is -0.394 e. The molecule has 2 saturated heterocycles. The normalized spacial score (nSPS) is 24.7. The molecule has 0 aromatic heterocycles. The van der Waals surface area contributed by atoms with Crippen LogP contribution in [0.1, 0.15) is 41.9 Å². The van der Waals surface area contributed by atoms with E-state index >= 15 is 0 Å². The first-order valence-electron chi connectivity index (χ1n) is 11.0. The molecule has 2 amide bonds. The molecule has 2 aromatic carbocycles. The quantitative estimate of drug-likeness (QED) is 0.782. The third-order valence-corrected chi connectivity index (χ3v) is 6.69. The second-order valence-corrected chi connectivity index (χ2v) is 8.80. The second-order valence-electron chi connectivity index (χ2n) is 8.80. The molecule has 2 aliphatic heterocycles. The van der Waals surface area contributed by atoms with Gasteiger partial charge in [0.25, 0.3) is 0 Å². The standard InChI is InChI=1S/C26H26N2O3/c29-17-23-26(21-12-10-19(11-13-21)7-6-18-4-2-1-3-5-18)22-15-27(16-25(31)28(22)23)24(30)14-20-8-9-20/h1-5,10-13,20,22-23,26,29H,8-9,14-17H2/t22-,23-,26+/m1/s1. The molecule has 3 aliphatic rings. The number of amides is 2. The second kappa shape index (κ2) is 8.20. The molecule has 0 spiro atoms. The number of piperazine rings is 1. The average Bonchev–Trinajstić information content (AvgIpc) is 3.59. The van der Waals surface area contributed by atoms with Crippen LogP contribution in [-0.2, 0) is 9.59 Å². The summed E-state index contributed by atoms with van der Waals surface area (Å²) in [5.41, 5.74) is 2.97. The van der Waals surface area contributed by atoms with Crippen molar-refractivity contribution in [2.24, 2.45) is 5.92 Å². The molecule has 0 bridgehead atoms. The van der Waals surface area contributed by atoms with E-state index < -0.39 is 0 Å². The molecule has 1 saturated carbocycles. The van der Waals surface area contributed by atoms with E-state index in [1.54, 1.807) is 9.80 Å². The Labute approximate surface area is 182 Å². The predicted octanol–water partition coefficient (Wildman–Crippen LogP) is 2.38. The Bertz CT molecular complexity index is 1030. The number of hydrogen-bond donors (Lipinski definition) is 1. The maximum Gasteiger partial charge on any atom is 0.242 e. The van der Waals surface area contributed by atoms with Crippen molar-refractivity contribution in [3.63, 3.8) is 0 Å². The van der Waals surface area contributed by atoms with Gasteiger partial charge >= 0.3 is 0 Å². The molecule has 0 radical (unpaired) electrons. The third-order valence-electron chi connectivity index (χ3n) is 6.69. The number of nitrogens with zero attached hydrogens (tertiary/aromatic N) is 2. The average molecular weight is 415 g/mol. The molecule has 158 valence electrons. The largest absolute Gasteiger partial charge is 0.394 e. The van der Waals surface area contributed by atoms with Crippen LogP contribution in [0.25, 0.3) is 0 Å². The van der Waals surface area contributed by atoms with Gasteiger partial charge < -0.3 is 14.9 Å². The first-order valence-corrected chi connectivity index (χ1v) is 11.0. The van der Waals surface area contributed by atoms with E-state index in [9.17, 15) is 14.7 Å². The van der Waals surface area contributed by atoms with Crippen LogP contribution in [0, 0.1) is 17.8 Å². The molecule has 3 atom stereocenters. The topological polar surface area (TPSA) is 60.9 Å². The molecule has 3 fully saturated rings. The molecule has 0 unspecified atom stereocenters. The van der Waals surface area contributed by atoms with E-state index in [4.69, 9.17) is 0 Å². The Kier molecular flexibility index (Phi) is 5.25. The summed E-state index contributed by atoms with van der Waals surface area (Å²) in [4.78, 5) is 28.8. The van der Waals surface area contributed by atoms with Crippen molar-refractivity contribution in [1.29, 1.82) is 0 Å². The Morgan fingerprint density at radius 1 is 1.00 bits per heavy atom. The SMILES string of the molecule is O=C(CC1CC1)N1CC(=O)N2[C@H](CO)[C@@H](c3ccc(C#Cc4ccccc4)cc3)[C@H]2C1. The van der Waals surface area contributed by atoms with E-state index in [0.29, 0.717) is 18.9 Å². The van der Waals surface area contributed by atoms with Crippen molar-refractivity contribution >= 4 is 11.8 Å². The summed E-state index contributed by atoms with van der Waals surface area (Å²) in [5.74, 6) is 6.91. The van der Waals surface area contributed by atoms with E-state index in [0.717, 1.165) is 29.5 Å². The zero-order valence-corrected chi connectivity index (χ0v) is 17.4. The van der Waals surface area contributed by atoms with Gasteiger partial charge in [-0.05, 0) is 48.6 Å². The first-order chi connectivity index (χ1) is 15.1. The van der Waals surface area contributed by atoms with Crippen molar-refractivity contribution in [1.82, 2.24) is 9.80 Å². The van der Waals surface area contributed by atoms with Gasteiger partial charge in [0, 0.05) is 30.0 Å². The number of hydrogen-bond acceptors (Lipinski definition) is 3. The molecular weight excluding hydrogens is 388 g/mol. The number of aliphatic hydroxyl groups is 1. The maximum atomic E-state index is 12.7. The lowest BCUT2D eigenvalue weighted by molar-refractivity contribution is -0.167. The summed E-state index contributed by atoms with van der Waals surface area (Å²) in [6.07, 6.45) is 2.80. The van der Waals surface area contributed by atoms with E-state index in [-0.39, 0.29) is 43.0 Å². The maximum absolute atomic E-state index is 12.7. The van der Waals surface area contributed by atoms with Gasteiger partial charge in [0.2, 0.25) is 11.8 Å². The lowest BCUT2D eigenvalue weighted by atomic mass is 9.73. The van der Waals surface area contributed by atoms with Gasteiger partial charge in [0.05, 0.1) is 25.2 Å². The fourth-order valence-electron chi connectivity index (χ4n) is 4.84. The predicted molar refractivity (Wildman–Crippen MR) is 117 cm³/mol. The Morgan fingerprint density at radius 2 is 1.68 bits per heavy atom. The molecule has 5 nitrogen and oxygen atoms in total. The molecule has 2 heterocycles. The Hall–Kier alpha value is -3.10. The summed E-state index contributed by atoms with van der Waals surface area (Å²) in [6, 6.07) is 17.6. The Morgan fingerprint density at radius 3 is 2.32 bits per heavy atom. The van der Waals surface area contributed by atoms with Crippen molar-refractivity contribution in [2.75, 3.05) is 19.7 Å². The van der Waals surface area contributed by atoms with Crippen LogP contribution in [0.4, 0.5) is 0 Å². The lowest BCUT2D eigenvalue weighted by Gasteiger charge is -2.58. The van der Waals surface area contributed by atoms with Gasteiger partial charge in [0.15, 0.2) is 0 Å². The Balaban J connectivity index is 1.32. The number of fused-ring (bicyclic) bond motifs is 1. The zero-order valence-electron chi connectivity index (χ0n) is 17.4. The monoisotopic (exact) mass is 414 g/mol. The number of benzene rings is 2. The minimum atomic E-state index is -0.223. The fourth-order valence-corrected chi connectivity index (χ4v) is 4.84. The first kappa shape index (κ1) is 19.8. The summed E-state index contributed by atoms with van der Waals surface area (Å²) in [5, 5.41) is 9.94. The van der Waals surface area contributed by atoms with Gasteiger partial charge in [-0.3, -0.25) is 9.59 Å². The van der Waals surface area contributed by atoms with Gasteiger partial charge in [-0.1, -0.05) is 42.2 Å². The highest BCUT2D eigenvalue weighted by atomic mass is 16.3. The molecule has 1 aliphatic carbocycles. The molecular formula is C26H26N2O3. The molecule has 5 heteroatoms. The van der Waals surface area contributed by atoms with E-state index in [2.05, 4.69) is 11.8 Å². The third kappa shape index (κ3) is 3.96. The highest BCUT2D eigenvalue weighted by Gasteiger charge is 2.54. The van der Waals surface area contributed by atoms with Crippen LogP contribution >= 0.6 is 0 Å². The van der Waals surface area contributed by atoms with Crippen molar-refractivity contribution < 1.29 is 14.7 Å². The minimum absolute atomic E-state index is 0.0293. The number of carbonyl (C=O) groups is 2. The van der Waals surface area contributed by atoms with Crippen molar-refractivity contribution in [3.05, 3.63) is 71.3 Å². The van der Waals surface area contributed by atoms with Crippen LogP contribution in [0.15, 0.2) is 54.6 Å². The smallest absolute Gasteiger partial charge is 0.242 e. The van der Waals surface area contributed by atoms with Crippen molar-refractivity contribution in [2.45, 2.75) is 37.3 Å². The lowest BCUT2D eigenvalue weighted by Crippen LogP contribution is -2.73. The molecule has 2 aromatic rings. The van der Waals surface area contributed by atoms with E-state index in [1.807, 2.05) is 54.6 Å². The van der Waals surface area contributed by atoms with Crippen molar-refractivity contribution in [3.8, 4) is 11.8 Å². The number of aliphatic hydroxyl groups excluding tert-OH is 1. The summed E-state index contributed by atoms with van der Waals surface area (Å²) in [6.45, 7) is 0.617. The zero-order chi connectivity index (χ0) is 21.4. The highest BCUT2D eigenvalue weighted by molar-refractivity contribution is 5.88. The van der Waals surface area contributed by atoms with Crippen LogP contribution in [0.2, 0.25) is 0 Å². The van der Waals surface area contributed by atoms with Gasteiger partial charge in [0.1, 0.15) is 0 Å². The van der Waals surface area contributed by atoms with E-state index in [1.165, 1.54) is 0 Å². The summed E-state index contributed by atoms with van der Waals surface area (Å²) >= 11 is 0. The molecule has 5 rings (SSSR count). The van der Waals surface area contributed by atoms with Crippen LogP contribution in [-0.4, -0.2) is 58.5 Å². The number of carbonyl (C=O) groups excluding carboxylic acids is 2. The summed E-state index contributed by atoms with van der Waals surface area (Å²) < 4.78 is 0. The van der Waals surface area contributed by atoms with Crippen LogP contribution in [0.3, 0.4) is 0 Å². The van der Waals surface area contributed by atoms with Crippen LogP contribution in [0.5, 0.6) is 0 Å². The summed E-state index contributed by atoms with van der Waals surface area (Å²) in [7, 11) is 0. The fraction of sp³-hybridized carbons (Fsp3) is 0.385. The van der Waals surface area contributed by atoms with Gasteiger partial charge in [-0.25, -0.2) is 0 Å². The van der Waals surface area contributed by atoms with Gasteiger partial charge in [-0.2, -0.15) is 0 Å². The highest BCUT2D eigenvalue weighted by Crippen LogP contribution is 2.43. The molecule has 1 N–H and O–H groups in total. The number of rotatable bonds is 4.